The van der Waals surface area contributed by atoms with Crippen molar-refractivity contribution in [1.29, 1.82) is 5.26 Å². The summed E-state index contributed by atoms with van der Waals surface area (Å²) < 4.78 is 30.7. The second kappa shape index (κ2) is 10.7. The van der Waals surface area contributed by atoms with Gasteiger partial charge in [0.2, 0.25) is 15.9 Å². The standard InChI is InChI=1S/C24H25ClN4O3S/c1-17-8-6-12-21(25)23(17)33(31,32)28-22(14-18(2)29-13-7-11-20(29)15-26)24(30)27-16-19-9-4-3-5-10-19/h3-13,18,22,28H,14,16H2,1-2H3,(H,27,30). The fourth-order valence-electron chi connectivity index (χ4n) is 3.65. The fraction of sp³-hybridized carbons (Fsp3) is 0.250. The smallest absolute Gasteiger partial charge is 0.243 e. The number of benzene rings is 2. The number of halogens is 1. The average Bonchev–Trinajstić information content (AvgIpc) is 3.26. The Morgan fingerprint density at radius 3 is 2.52 bits per heavy atom. The first-order valence-corrected chi connectivity index (χ1v) is 12.2. The monoisotopic (exact) mass is 484 g/mol. The van der Waals surface area contributed by atoms with Gasteiger partial charge in [0.15, 0.2) is 0 Å². The van der Waals surface area contributed by atoms with Crippen molar-refractivity contribution in [3.63, 3.8) is 0 Å². The van der Waals surface area contributed by atoms with Crippen LogP contribution in [-0.4, -0.2) is 24.9 Å². The van der Waals surface area contributed by atoms with Crippen LogP contribution >= 0.6 is 11.6 Å². The summed E-state index contributed by atoms with van der Waals surface area (Å²) in [5, 5.41) is 12.2. The van der Waals surface area contributed by atoms with Crippen molar-refractivity contribution in [1.82, 2.24) is 14.6 Å². The summed E-state index contributed by atoms with van der Waals surface area (Å²) in [6, 6.07) is 18.2. The Balaban J connectivity index is 1.87. The van der Waals surface area contributed by atoms with E-state index in [9.17, 15) is 18.5 Å². The number of hydrogen-bond acceptors (Lipinski definition) is 4. The molecule has 9 heteroatoms. The second-order valence-corrected chi connectivity index (χ2v) is 9.82. The molecule has 0 radical (unpaired) electrons. The zero-order valence-electron chi connectivity index (χ0n) is 18.3. The first-order chi connectivity index (χ1) is 15.7. The van der Waals surface area contributed by atoms with Gasteiger partial charge < -0.3 is 9.88 Å². The van der Waals surface area contributed by atoms with Crippen molar-refractivity contribution >= 4 is 27.5 Å². The summed E-state index contributed by atoms with van der Waals surface area (Å²) in [4.78, 5) is 13.1. The molecule has 2 aromatic carbocycles. The predicted octanol–water partition coefficient (Wildman–Crippen LogP) is 3.94. The van der Waals surface area contributed by atoms with Crippen LogP contribution in [0.3, 0.4) is 0 Å². The molecule has 0 aliphatic heterocycles. The molecular weight excluding hydrogens is 460 g/mol. The predicted molar refractivity (Wildman–Crippen MR) is 127 cm³/mol. The van der Waals surface area contributed by atoms with Crippen molar-refractivity contribution in [2.45, 2.75) is 43.8 Å². The number of nitrogens with zero attached hydrogens (tertiary/aromatic N) is 2. The molecule has 2 unspecified atom stereocenters. The highest BCUT2D eigenvalue weighted by Gasteiger charge is 2.30. The zero-order chi connectivity index (χ0) is 24.0. The van der Waals surface area contributed by atoms with Gasteiger partial charge in [0.1, 0.15) is 22.7 Å². The highest BCUT2D eigenvalue weighted by atomic mass is 35.5. The molecule has 0 bridgehead atoms. The van der Waals surface area contributed by atoms with Crippen LogP contribution in [0.1, 0.15) is 36.2 Å². The molecule has 0 aliphatic rings. The van der Waals surface area contributed by atoms with Crippen LogP contribution in [0.4, 0.5) is 0 Å². The third-order valence-electron chi connectivity index (χ3n) is 5.30. The lowest BCUT2D eigenvalue weighted by molar-refractivity contribution is -0.123. The molecule has 3 rings (SSSR count). The molecule has 1 aromatic heterocycles. The number of nitrogens with one attached hydrogen (secondary N) is 2. The molecule has 2 N–H and O–H groups in total. The number of aromatic nitrogens is 1. The summed E-state index contributed by atoms with van der Waals surface area (Å²) in [6.07, 6.45) is 1.86. The Labute approximate surface area is 199 Å². The summed E-state index contributed by atoms with van der Waals surface area (Å²) >= 11 is 6.18. The van der Waals surface area contributed by atoms with Gasteiger partial charge in [-0.15, -0.1) is 0 Å². The van der Waals surface area contributed by atoms with E-state index in [1.54, 1.807) is 42.0 Å². The maximum Gasteiger partial charge on any atom is 0.243 e. The van der Waals surface area contributed by atoms with E-state index >= 15 is 0 Å². The van der Waals surface area contributed by atoms with Crippen molar-refractivity contribution in [3.8, 4) is 6.07 Å². The summed E-state index contributed by atoms with van der Waals surface area (Å²) in [5.74, 6) is -0.468. The van der Waals surface area contributed by atoms with Crippen LogP contribution in [-0.2, 0) is 21.4 Å². The van der Waals surface area contributed by atoms with Crippen LogP contribution in [0.2, 0.25) is 5.02 Å². The molecule has 2 atom stereocenters. The normalized spacial score (nSPS) is 13.2. The quantitative estimate of drug-likeness (QED) is 0.480. The Morgan fingerprint density at radius 1 is 1.12 bits per heavy atom. The molecule has 172 valence electrons. The summed E-state index contributed by atoms with van der Waals surface area (Å²) in [7, 11) is -4.10. The molecular formula is C24H25ClN4O3S. The van der Waals surface area contributed by atoms with Gasteiger partial charge in [-0.05, 0) is 49.6 Å². The molecule has 7 nitrogen and oxygen atoms in total. The minimum atomic E-state index is -4.10. The molecule has 0 spiro atoms. The third-order valence-corrected chi connectivity index (χ3v) is 7.40. The largest absolute Gasteiger partial charge is 0.351 e. The number of carbonyl (C=O) groups excluding carboxylic acids is 1. The van der Waals surface area contributed by atoms with E-state index in [0.717, 1.165) is 5.56 Å². The molecule has 0 saturated heterocycles. The topological polar surface area (TPSA) is 104 Å². The third kappa shape index (κ3) is 6.02. The van der Waals surface area contributed by atoms with E-state index < -0.39 is 22.0 Å². The zero-order valence-corrected chi connectivity index (χ0v) is 19.9. The van der Waals surface area contributed by atoms with Crippen LogP contribution in [0.25, 0.3) is 0 Å². The number of hydrogen-bond donors (Lipinski definition) is 2. The SMILES string of the molecule is Cc1cccc(Cl)c1S(=O)(=O)NC(CC(C)n1cccc1C#N)C(=O)NCc1ccccc1. The van der Waals surface area contributed by atoms with Crippen LogP contribution in [0.15, 0.2) is 71.8 Å². The lowest BCUT2D eigenvalue weighted by atomic mass is 10.1. The minimum absolute atomic E-state index is 0.0566. The number of aryl methyl sites for hydroxylation is 1. The van der Waals surface area contributed by atoms with Gasteiger partial charge >= 0.3 is 0 Å². The number of sulfonamides is 1. The lowest BCUT2D eigenvalue weighted by Crippen LogP contribution is -2.47. The van der Waals surface area contributed by atoms with Crippen LogP contribution in [0.5, 0.6) is 0 Å². The van der Waals surface area contributed by atoms with Crippen LogP contribution < -0.4 is 10.0 Å². The molecule has 1 amide bonds. The van der Waals surface area contributed by atoms with E-state index in [2.05, 4.69) is 16.1 Å². The molecule has 0 aliphatic carbocycles. The Hall–Kier alpha value is -3.12. The Kier molecular flexibility index (Phi) is 7.92. The van der Waals surface area contributed by atoms with Crippen LogP contribution in [0, 0.1) is 18.3 Å². The van der Waals surface area contributed by atoms with Gasteiger partial charge in [0, 0.05) is 18.8 Å². The van der Waals surface area contributed by atoms with Crippen molar-refractivity contribution < 1.29 is 13.2 Å². The molecule has 3 aromatic rings. The number of amides is 1. The highest BCUT2D eigenvalue weighted by molar-refractivity contribution is 7.89. The summed E-state index contributed by atoms with van der Waals surface area (Å²) in [5.41, 5.74) is 1.79. The Morgan fingerprint density at radius 2 is 1.85 bits per heavy atom. The first-order valence-electron chi connectivity index (χ1n) is 10.4. The molecule has 0 saturated carbocycles. The molecule has 0 fully saturated rings. The second-order valence-electron chi connectivity index (χ2n) is 7.76. The minimum Gasteiger partial charge on any atom is -0.351 e. The van der Waals surface area contributed by atoms with Crippen molar-refractivity contribution in [2.75, 3.05) is 0 Å². The first kappa shape index (κ1) is 24.5. The van der Waals surface area contributed by atoms with Crippen molar-refractivity contribution in [3.05, 3.63) is 88.7 Å². The van der Waals surface area contributed by atoms with Gasteiger partial charge in [-0.2, -0.15) is 9.98 Å². The fourth-order valence-corrected chi connectivity index (χ4v) is 5.69. The van der Waals surface area contributed by atoms with Gasteiger partial charge in [-0.3, -0.25) is 4.79 Å². The molecule has 33 heavy (non-hydrogen) atoms. The maximum atomic E-state index is 13.2. The number of nitriles is 1. The van der Waals surface area contributed by atoms with Gasteiger partial charge in [0.25, 0.3) is 0 Å². The van der Waals surface area contributed by atoms with E-state index in [-0.39, 0.29) is 28.9 Å². The van der Waals surface area contributed by atoms with E-state index in [1.165, 1.54) is 6.07 Å². The Bertz CT molecular complexity index is 1250. The maximum absolute atomic E-state index is 13.2. The van der Waals surface area contributed by atoms with Gasteiger partial charge in [-0.25, -0.2) is 8.42 Å². The number of rotatable bonds is 9. The highest BCUT2D eigenvalue weighted by Crippen LogP contribution is 2.26. The van der Waals surface area contributed by atoms with E-state index in [1.807, 2.05) is 37.3 Å². The molecule has 1 heterocycles. The summed E-state index contributed by atoms with van der Waals surface area (Å²) in [6.45, 7) is 3.73. The van der Waals surface area contributed by atoms with Gasteiger partial charge in [0.05, 0.1) is 5.02 Å². The lowest BCUT2D eigenvalue weighted by Gasteiger charge is -2.24. The number of carbonyl (C=O) groups is 1. The van der Waals surface area contributed by atoms with E-state index in [0.29, 0.717) is 11.3 Å². The van der Waals surface area contributed by atoms with E-state index in [4.69, 9.17) is 11.6 Å². The van der Waals surface area contributed by atoms with Gasteiger partial charge in [-0.1, -0.05) is 54.1 Å². The average molecular weight is 485 g/mol. The van der Waals surface area contributed by atoms with Crippen molar-refractivity contribution in [2.24, 2.45) is 0 Å².